The Hall–Kier alpha value is -1.97. The molecular formula is C23H24KN3O4. The molecule has 1 aromatic heterocycles. The molecule has 0 saturated carbocycles. The fourth-order valence-electron chi connectivity index (χ4n) is 3.25. The summed E-state index contributed by atoms with van der Waals surface area (Å²) >= 11 is 0. The van der Waals surface area contributed by atoms with Gasteiger partial charge in [-0.25, -0.2) is 4.79 Å². The number of aromatic nitrogens is 1. The molecule has 2 aromatic carbocycles. The van der Waals surface area contributed by atoms with Gasteiger partial charge in [-0.1, -0.05) is 25.2 Å². The molecule has 0 saturated heterocycles. The Balaban J connectivity index is 0.000000229. The Bertz CT molecular complexity index is 1050. The van der Waals surface area contributed by atoms with Gasteiger partial charge in [-0.2, -0.15) is 0 Å². The van der Waals surface area contributed by atoms with Crippen LogP contribution in [0.3, 0.4) is 0 Å². The maximum atomic E-state index is 11.7. The maximum Gasteiger partial charge on any atom is 1.00 e. The van der Waals surface area contributed by atoms with E-state index in [-0.39, 0.29) is 57.3 Å². The number of amides is 1. The minimum absolute atomic E-state index is 0. The van der Waals surface area contributed by atoms with E-state index in [1.54, 1.807) is 51.5 Å². The number of carboxylic acid groups (broad SMARTS) is 1. The average Bonchev–Trinajstić information content (AvgIpc) is 3.42. The molecule has 8 heteroatoms. The Kier molecular flexibility index (Phi) is 9.45. The van der Waals surface area contributed by atoms with Crippen molar-refractivity contribution in [3.8, 4) is 11.3 Å². The number of carbonyl (C=O) groups excluding carboxylic acids is 1. The first kappa shape index (κ1) is 25.3. The molecule has 4 rings (SSSR count). The third-order valence-electron chi connectivity index (χ3n) is 4.89. The van der Waals surface area contributed by atoms with Gasteiger partial charge in [0.2, 0.25) is 0 Å². The zero-order valence-electron chi connectivity index (χ0n) is 18.3. The molecule has 0 spiro atoms. The smallest absolute Gasteiger partial charge is 0.478 e. The first-order valence-corrected chi connectivity index (χ1v) is 9.62. The van der Waals surface area contributed by atoms with Crippen LogP contribution in [-0.2, 0) is 12.8 Å². The number of hydrogen-bond acceptors (Lipinski definition) is 4. The van der Waals surface area contributed by atoms with Crippen molar-refractivity contribution in [3.63, 3.8) is 0 Å². The molecule has 1 aliphatic carbocycles. The number of nitrogens with zero attached hydrogens (tertiary/aromatic N) is 3. The number of benzene rings is 2. The van der Waals surface area contributed by atoms with Crippen LogP contribution in [0.2, 0.25) is 0 Å². The quantitative estimate of drug-likeness (QED) is 0.615. The van der Waals surface area contributed by atoms with Crippen LogP contribution >= 0.6 is 0 Å². The van der Waals surface area contributed by atoms with E-state index in [1.807, 2.05) is 18.2 Å². The summed E-state index contributed by atoms with van der Waals surface area (Å²) < 4.78 is 5.15. The number of carboxylic acids is 1. The Morgan fingerprint density at radius 1 is 1.00 bits per heavy atom. The second-order valence-corrected chi connectivity index (χ2v) is 7.19. The molecule has 31 heavy (non-hydrogen) atoms. The van der Waals surface area contributed by atoms with Gasteiger partial charge in [-0.15, -0.1) is 0 Å². The number of aryl methyl sites for hydroxylation is 2. The average molecular weight is 446 g/mol. The molecule has 156 valence electrons. The van der Waals surface area contributed by atoms with Gasteiger partial charge in [0.1, 0.15) is 5.76 Å². The van der Waals surface area contributed by atoms with E-state index in [2.05, 4.69) is 10.5 Å². The summed E-state index contributed by atoms with van der Waals surface area (Å²) in [5.41, 5.74) is 4.46. The minimum Gasteiger partial charge on any atom is -0.478 e. The summed E-state index contributed by atoms with van der Waals surface area (Å²) in [6, 6.07) is 14.4. The van der Waals surface area contributed by atoms with Gasteiger partial charge >= 0.3 is 57.4 Å². The van der Waals surface area contributed by atoms with E-state index in [9.17, 15) is 9.59 Å². The second kappa shape index (κ2) is 11.6. The summed E-state index contributed by atoms with van der Waals surface area (Å²) in [7, 11) is 5.10. The summed E-state index contributed by atoms with van der Waals surface area (Å²) in [5.74, 6) is 0.339. The molecular weight excluding hydrogens is 421 g/mol. The first-order chi connectivity index (χ1) is 14.4. The number of rotatable bonds is 4. The Labute approximate surface area is 224 Å². The maximum absolute atomic E-state index is 11.7. The predicted molar refractivity (Wildman–Crippen MR) is 114 cm³/mol. The zero-order chi connectivity index (χ0) is 21.7. The topological polar surface area (TPSA) is 97.7 Å². The van der Waals surface area contributed by atoms with Gasteiger partial charge in [0, 0.05) is 25.2 Å². The van der Waals surface area contributed by atoms with Crippen molar-refractivity contribution in [1.82, 2.24) is 10.1 Å². The number of aromatic carboxylic acids is 1. The van der Waals surface area contributed by atoms with E-state index < -0.39 is 5.97 Å². The van der Waals surface area contributed by atoms with Gasteiger partial charge in [0.25, 0.3) is 5.91 Å². The molecule has 1 aliphatic rings. The van der Waals surface area contributed by atoms with E-state index >= 15 is 0 Å². The molecule has 0 fully saturated rings. The van der Waals surface area contributed by atoms with Crippen molar-refractivity contribution in [2.24, 2.45) is 0 Å². The van der Waals surface area contributed by atoms with Crippen LogP contribution in [0.1, 0.15) is 38.3 Å². The van der Waals surface area contributed by atoms with Crippen LogP contribution in [0.25, 0.3) is 16.6 Å². The zero-order valence-corrected chi connectivity index (χ0v) is 21.4. The molecule has 0 unspecified atom stereocenters. The van der Waals surface area contributed by atoms with Crippen LogP contribution in [0.5, 0.6) is 0 Å². The van der Waals surface area contributed by atoms with Gasteiger partial charge in [0.05, 0.1) is 5.56 Å². The van der Waals surface area contributed by atoms with Crippen molar-refractivity contribution in [3.05, 3.63) is 76.1 Å². The molecule has 3 aromatic rings. The van der Waals surface area contributed by atoms with Gasteiger partial charge < -0.3 is 19.8 Å². The number of carbonyl (C=O) groups is 2. The van der Waals surface area contributed by atoms with Crippen molar-refractivity contribution in [2.45, 2.75) is 19.3 Å². The van der Waals surface area contributed by atoms with E-state index in [0.29, 0.717) is 22.7 Å². The summed E-state index contributed by atoms with van der Waals surface area (Å²) in [6.45, 7) is 0. The normalized spacial score (nSPS) is 11.5. The van der Waals surface area contributed by atoms with Crippen molar-refractivity contribution in [1.29, 1.82) is 0 Å². The van der Waals surface area contributed by atoms with E-state index in [0.717, 1.165) is 18.4 Å². The summed E-state index contributed by atoms with van der Waals surface area (Å²) in [4.78, 5) is 23.9. The van der Waals surface area contributed by atoms with Crippen LogP contribution in [0, 0.1) is 0 Å². The molecule has 1 heterocycles. The molecule has 0 bridgehead atoms. The summed E-state index contributed by atoms with van der Waals surface area (Å²) in [6.07, 6.45) is 3.31. The van der Waals surface area contributed by atoms with E-state index in [4.69, 9.17) is 9.63 Å². The largest absolute Gasteiger partial charge is 1.00 e. The molecule has 1 amide bonds. The fraction of sp³-hybridized carbons (Fsp3) is 0.261. The molecule has 0 aliphatic heterocycles. The second-order valence-electron chi connectivity index (χ2n) is 7.19. The number of hydrogen-bond donors (Lipinski definition) is 1. The molecule has 0 atom stereocenters. The van der Waals surface area contributed by atoms with Gasteiger partial charge in [0.15, 0.2) is 0 Å². The van der Waals surface area contributed by atoms with Crippen molar-refractivity contribution in [2.75, 3.05) is 21.1 Å². The standard InChI is InChI=1S/C13H14N3O2.C10H10O2.K/c1-14-12-8-11(18-15-12)9-4-6-10(7-5-9)13(17)16(2)3;11-10(12)9-5-4-7-2-1-3-8(7)6-9;/h4-8H,1-3H3;4-6H,1-3H2,(H,11,12);/q-1;;+1. The molecule has 7 nitrogen and oxygen atoms in total. The van der Waals surface area contributed by atoms with Crippen molar-refractivity contribution >= 4 is 17.7 Å². The molecule has 0 radical (unpaired) electrons. The van der Waals surface area contributed by atoms with E-state index in [1.165, 1.54) is 22.4 Å². The molecule has 1 N–H and O–H groups in total. The minimum atomic E-state index is -0.829. The van der Waals surface area contributed by atoms with Crippen LogP contribution in [-0.4, -0.2) is 48.2 Å². The SMILES string of the molecule is C[N-]c1cc(-c2ccc(C(=O)N(C)C)cc2)on1.O=C(O)c1ccc2c(c1)CCC2.[K+]. The number of fused-ring (bicyclic) bond motifs is 1. The Morgan fingerprint density at radius 2 is 1.65 bits per heavy atom. The van der Waals surface area contributed by atoms with Crippen LogP contribution < -0.4 is 51.4 Å². The third-order valence-corrected chi connectivity index (χ3v) is 4.89. The Morgan fingerprint density at radius 3 is 2.23 bits per heavy atom. The van der Waals surface area contributed by atoms with Gasteiger partial charge in [-0.3, -0.25) is 9.95 Å². The predicted octanol–water partition coefficient (Wildman–Crippen LogP) is 1.56. The van der Waals surface area contributed by atoms with Crippen LogP contribution in [0.15, 0.2) is 53.1 Å². The summed E-state index contributed by atoms with van der Waals surface area (Å²) in [5, 5.41) is 16.4. The van der Waals surface area contributed by atoms with Crippen molar-refractivity contribution < 1.29 is 70.6 Å². The monoisotopic (exact) mass is 445 g/mol. The van der Waals surface area contributed by atoms with Crippen LogP contribution in [0.4, 0.5) is 5.82 Å². The fourth-order valence-corrected chi connectivity index (χ4v) is 3.25. The first-order valence-electron chi connectivity index (χ1n) is 9.62. The third kappa shape index (κ3) is 6.50. The van der Waals surface area contributed by atoms with Gasteiger partial charge in [-0.05, 0) is 66.5 Å².